The summed E-state index contributed by atoms with van der Waals surface area (Å²) in [6, 6.07) is 13.2. The van der Waals surface area contributed by atoms with Crippen molar-refractivity contribution in [3.63, 3.8) is 0 Å². The Morgan fingerprint density at radius 3 is 2.23 bits per heavy atom. The second kappa shape index (κ2) is 7.23. The van der Waals surface area contributed by atoms with Crippen molar-refractivity contribution in [1.82, 2.24) is 0 Å². The topological polar surface area (TPSA) is 63.5 Å². The lowest BCUT2D eigenvalue weighted by Crippen LogP contribution is -2.04. The number of nitriles is 1. The molecule has 0 amide bonds. The van der Waals surface area contributed by atoms with Gasteiger partial charge in [-0.3, -0.25) is 0 Å². The van der Waals surface area contributed by atoms with E-state index in [1.54, 1.807) is 33.5 Å². The molecule has 0 atom stereocenters. The number of hydrogen-bond acceptors (Lipinski definition) is 5. The lowest BCUT2D eigenvalue weighted by atomic mass is 10.1. The van der Waals surface area contributed by atoms with Crippen molar-refractivity contribution in [3.8, 4) is 23.3 Å². The molecule has 0 heterocycles. The summed E-state index contributed by atoms with van der Waals surface area (Å²) in [5.74, 6) is 1.94. The Bertz CT molecular complexity index is 693. The van der Waals surface area contributed by atoms with E-state index in [0.717, 1.165) is 11.3 Å². The van der Waals surface area contributed by atoms with E-state index in [-0.39, 0.29) is 0 Å². The number of rotatable bonds is 6. The van der Waals surface area contributed by atoms with Crippen molar-refractivity contribution in [2.75, 3.05) is 26.6 Å². The molecule has 0 saturated carbocycles. The molecule has 0 aliphatic rings. The number of anilines is 1. The molecule has 114 valence electrons. The first-order valence-electron chi connectivity index (χ1n) is 6.75. The quantitative estimate of drug-likeness (QED) is 0.887. The van der Waals surface area contributed by atoms with Crippen LogP contribution in [-0.4, -0.2) is 21.3 Å². The summed E-state index contributed by atoms with van der Waals surface area (Å²) in [5, 5.41) is 12.4. The third-order valence-corrected chi connectivity index (χ3v) is 3.30. The maximum absolute atomic E-state index is 9.12. The van der Waals surface area contributed by atoms with Gasteiger partial charge < -0.3 is 19.5 Å². The molecular formula is C17H18N2O3. The smallest absolute Gasteiger partial charge is 0.164 e. The predicted octanol–water partition coefficient (Wildman–Crippen LogP) is 3.20. The molecule has 0 aromatic heterocycles. The first-order valence-corrected chi connectivity index (χ1v) is 6.75. The largest absolute Gasteiger partial charge is 0.496 e. The summed E-state index contributed by atoms with van der Waals surface area (Å²) in [6.45, 7) is 0.502. The van der Waals surface area contributed by atoms with Gasteiger partial charge in [0.25, 0.3) is 0 Å². The lowest BCUT2D eigenvalue weighted by Gasteiger charge is -2.15. The Hall–Kier alpha value is -2.87. The zero-order valence-electron chi connectivity index (χ0n) is 12.8. The van der Waals surface area contributed by atoms with Gasteiger partial charge in [-0.15, -0.1) is 0 Å². The zero-order chi connectivity index (χ0) is 15.9. The van der Waals surface area contributed by atoms with Gasteiger partial charge in [0.05, 0.1) is 32.6 Å². The molecule has 0 aliphatic heterocycles. The molecule has 0 fully saturated rings. The van der Waals surface area contributed by atoms with Crippen molar-refractivity contribution in [2.45, 2.75) is 6.54 Å². The van der Waals surface area contributed by atoms with E-state index >= 15 is 0 Å². The van der Waals surface area contributed by atoms with E-state index in [2.05, 4.69) is 11.4 Å². The average Bonchev–Trinajstić information content (AvgIpc) is 2.59. The fourth-order valence-electron chi connectivity index (χ4n) is 2.16. The van der Waals surface area contributed by atoms with Gasteiger partial charge in [0.2, 0.25) is 0 Å². The van der Waals surface area contributed by atoms with Crippen molar-refractivity contribution < 1.29 is 14.2 Å². The molecule has 0 bridgehead atoms. The van der Waals surface area contributed by atoms with Gasteiger partial charge in [-0.2, -0.15) is 5.26 Å². The molecular weight excluding hydrogens is 280 g/mol. The maximum atomic E-state index is 9.12. The van der Waals surface area contributed by atoms with Gasteiger partial charge in [-0.1, -0.05) is 12.1 Å². The van der Waals surface area contributed by atoms with E-state index in [4.69, 9.17) is 19.5 Å². The van der Waals surface area contributed by atoms with Crippen LogP contribution in [-0.2, 0) is 6.54 Å². The third-order valence-electron chi connectivity index (χ3n) is 3.30. The fourth-order valence-corrected chi connectivity index (χ4v) is 2.16. The van der Waals surface area contributed by atoms with Crippen LogP contribution in [0.25, 0.3) is 0 Å². The van der Waals surface area contributed by atoms with Gasteiger partial charge in [-0.05, 0) is 18.2 Å². The Labute approximate surface area is 130 Å². The summed E-state index contributed by atoms with van der Waals surface area (Å²) in [5.41, 5.74) is 2.29. The summed E-state index contributed by atoms with van der Waals surface area (Å²) in [7, 11) is 4.78. The minimum atomic E-state index is 0.502. The minimum Gasteiger partial charge on any atom is -0.496 e. The Morgan fingerprint density at radius 2 is 1.59 bits per heavy atom. The highest BCUT2D eigenvalue weighted by molar-refractivity contribution is 5.58. The standard InChI is InChI=1S/C17H18N2O3/c1-20-15-9-17(22-3)16(21-2)8-13(15)11-19-14-7-5-4-6-12(14)10-18/h4-9,19H,11H2,1-3H3. The number of methoxy groups -OCH3 is 3. The molecule has 2 rings (SSSR count). The summed E-state index contributed by atoms with van der Waals surface area (Å²) < 4.78 is 16.0. The number of benzene rings is 2. The second-order valence-corrected chi connectivity index (χ2v) is 4.53. The SMILES string of the molecule is COc1cc(OC)c(OC)cc1CNc1ccccc1C#N. The van der Waals surface area contributed by atoms with Crippen molar-refractivity contribution in [1.29, 1.82) is 5.26 Å². The number of para-hydroxylation sites is 1. The normalized spacial score (nSPS) is 9.73. The van der Waals surface area contributed by atoms with Gasteiger partial charge in [0, 0.05) is 18.2 Å². The summed E-state index contributed by atoms with van der Waals surface area (Å²) in [6.07, 6.45) is 0. The lowest BCUT2D eigenvalue weighted by molar-refractivity contribution is 0.347. The Kier molecular flexibility index (Phi) is 5.10. The van der Waals surface area contributed by atoms with Gasteiger partial charge in [0.15, 0.2) is 11.5 Å². The van der Waals surface area contributed by atoms with Crippen LogP contribution < -0.4 is 19.5 Å². The van der Waals surface area contributed by atoms with Gasteiger partial charge >= 0.3 is 0 Å². The molecule has 22 heavy (non-hydrogen) atoms. The summed E-state index contributed by atoms with van der Waals surface area (Å²) in [4.78, 5) is 0. The highest BCUT2D eigenvalue weighted by atomic mass is 16.5. The predicted molar refractivity (Wildman–Crippen MR) is 84.6 cm³/mol. The third kappa shape index (κ3) is 3.23. The second-order valence-electron chi connectivity index (χ2n) is 4.53. The van der Waals surface area contributed by atoms with E-state index in [1.165, 1.54) is 0 Å². The molecule has 0 spiro atoms. The summed E-state index contributed by atoms with van der Waals surface area (Å²) >= 11 is 0. The number of nitrogens with one attached hydrogen (secondary N) is 1. The molecule has 0 aliphatic carbocycles. The Morgan fingerprint density at radius 1 is 0.955 bits per heavy atom. The van der Waals surface area contributed by atoms with Crippen molar-refractivity contribution in [2.24, 2.45) is 0 Å². The van der Waals surface area contributed by atoms with Crippen LogP contribution in [0.2, 0.25) is 0 Å². The molecule has 5 nitrogen and oxygen atoms in total. The van der Waals surface area contributed by atoms with Crippen LogP contribution in [0.3, 0.4) is 0 Å². The fraction of sp³-hybridized carbons (Fsp3) is 0.235. The first kappa shape index (κ1) is 15.5. The molecule has 1 N–H and O–H groups in total. The maximum Gasteiger partial charge on any atom is 0.164 e. The molecule has 5 heteroatoms. The number of ether oxygens (including phenoxy) is 3. The van der Waals surface area contributed by atoms with Crippen molar-refractivity contribution in [3.05, 3.63) is 47.5 Å². The monoisotopic (exact) mass is 298 g/mol. The van der Waals surface area contributed by atoms with E-state index < -0.39 is 0 Å². The van der Waals surface area contributed by atoms with Gasteiger partial charge in [-0.25, -0.2) is 0 Å². The first-order chi connectivity index (χ1) is 10.7. The highest BCUT2D eigenvalue weighted by Gasteiger charge is 2.12. The molecule has 0 unspecified atom stereocenters. The highest BCUT2D eigenvalue weighted by Crippen LogP contribution is 2.35. The molecule has 2 aromatic carbocycles. The average molecular weight is 298 g/mol. The van der Waals surface area contributed by atoms with Crippen LogP contribution in [0.1, 0.15) is 11.1 Å². The molecule has 2 aromatic rings. The van der Waals surface area contributed by atoms with Crippen LogP contribution in [0.15, 0.2) is 36.4 Å². The molecule has 0 saturated heterocycles. The van der Waals surface area contributed by atoms with Gasteiger partial charge in [0.1, 0.15) is 11.8 Å². The van der Waals surface area contributed by atoms with Crippen LogP contribution in [0.5, 0.6) is 17.2 Å². The molecule has 0 radical (unpaired) electrons. The van der Waals surface area contributed by atoms with Crippen LogP contribution in [0.4, 0.5) is 5.69 Å². The van der Waals surface area contributed by atoms with E-state index in [1.807, 2.05) is 24.3 Å². The van der Waals surface area contributed by atoms with E-state index in [9.17, 15) is 0 Å². The van der Waals surface area contributed by atoms with Crippen LogP contribution in [0, 0.1) is 11.3 Å². The number of nitrogens with zero attached hydrogens (tertiary/aromatic N) is 1. The minimum absolute atomic E-state index is 0.502. The van der Waals surface area contributed by atoms with E-state index in [0.29, 0.717) is 29.4 Å². The zero-order valence-corrected chi connectivity index (χ0v) is 12.8. The van der Waals surface area contributed by atoms with Crippen LogP contribution >= 0.6 is 0 Å². The number of hydrogen-bond donors (Lipinski definition) is 1. The Balaban J connectivity index is 2.27. The van der Waals surface area contributed by atoms with Crippen molar-refractivity contribution >= 4 is 5.69 Å².